The maximum atomic E-state index is 3.92. The van der Waals surface area contributed by atoms with Crippen LogP contribution >= 0.6 is 0 Å². The Hall–Kier alpha value is -0.0800. The first-order chi connectivity index (χ1) is 8.81. The molecule has 1 atom stereocenters. The zero-order chi connectivity index (χ0) is 12.0. The Labute approximate surface area is 111 Å². The van der Waals surface area contributed by atoms with E-state index in [1.54, 1.807) is 38.5 Å². The van der Waals surface area contributed by atoms with E-state index in [1.807, 2.05) is 0 Å². The highest BCUT2D eigenvalue weighted by Crippen LogP contribution is 2.59. The molecule has 2 N–H and O–H groups in total. The van der Waals surface area contributed by atoms with Gasteiger partial charge in [0.05, 0.1) is 0 Å². The van der Waals surface area contributed by atoms with Crippen LogP contribution in [0.3, 0.4) is 0 Å². The van der Waals surface area contributed by atoms with E-state index in [9.17, 15) is 0 Å². The minimum atomic E-state index is 0.714. The van der Waals surface area contributed by atoms with Crippen LogP contribution < -0.4 is 10.6 Å². The molecule has 1 saturated heterocycles. The lowest BCUT2D eigenvalue weighted by atomic mass is 9.49. The van der Waals surface area contributed by atoms with Crippen molar-refractivity contribution in [3.8, 4) is 0 Å². The fourth-order valence-electron chi connectivity index (χ4n) is 5.89. The first kappa shape index (κ1) is 11.7. The Morgan fingerprint density at radius 2 is 1.67 bits per heavy atom. The monoisotopic (exact) mass is 248 g/mol. The molecular formula is C16H28N2. The SMILES string of the molecule is C1CNCC(NCC23CC4CC(CC(C4)C2)C3)C1. The van der Waals surface area contributed by atoms with Crippen molar-refractivity contribution in [1.29, 1.82) is 0 Å². The van der Waals surface area contributed by atoms with Crippen LogP contribution in [0.5, 0.6) is 0 Å². The molecule has 2 heteroatoms. The van der Waals surface area contributed by atoms with E-state index in [2.05, 4.69) is 10.6 Å². The molecule has 1 aliphatic heterocycles. The van der Waals surface area contributed by atoms with Crippen molar-refractivity contribution < 1.29 is 0 Å². The zero-order valence-corrected chi connectivity index (χ0v) is 11.6. The molecule has 0 aromatic heterocycles. The third-order valence-corrected chi connectivity index (χ3v) is 6.23. The highest BCUT2D eigenvalue weighted by Gasteiger charge is 2.50. The number of piperidine rings is 1. The molecule has 0 radical (unpaired) electrons. The average Bonchev–Trinajstić information content (AvgIpc) is 2.36. The molecule has 5 rings (SSSR count). The Morgan fingerprint density at radius 1 is 1.00 bits per heavy atom. The Bertz CT molecular complexity index is 271. The molecule has 0 spiro atoms. The standard InChI is InChI=1S/C16H28N2/c1-2-15(10-17-3-1)18-11-16-7-12-4-13(8-16)6-14(5-12)9-16/h12-15,17-18H,1-11H2. The van der Waals surface area contributed by atoms with Gasteiger partial charge in [-0.15, -0.1) is 0 Å². The van der Waals surface area contributed by atoms with Crippen LogP contribution in [0.15, 0.2) is 0 Å². The van der Waals surface area contributed by atoms with Gasteiger partial charge in [0.15, 0.2) is 0 Å². The molecule has 4 saturated carbocycles. The van der Waals surface area contributed by atoms with Crippen molar-refractivity contribution in [1.82, 2.24) is 10.6 Å². The minimum Gasteiger partial charge on any atom is -0.315 e. The summed E-state index contributed by atoms with van der Waals surface area (Å²) in [7, 11) is 0. The Balaban J connectivity index is 1.38. The lowest BCUT2D eigenvalue weighted by Crippen LogP contribution is -2.53. The molecule has 0 amide bonds. The highest BCUT2D eigenvalue weighted by molar-refractivity contribution is 5.02. The number of hydrogen-bond donors (Lipinski definition) is 2. The van der Waals surface area contributed by atoms with Crippen LogP contribution in [0.2, 0.25) is 0 Å². The molecule has 1 heterocycles. The van der Waals surface area contributed by atoms with Gasteiger partial charge < -0.3 is 10.6 Å². The lowest BCUT2D eigenvalue weighted by molar-refractivity contribution is -0.0527. The molecule has 5 fully saturated rings. The van der Waals surface area contributed by atoms with Crippen LogP contribution in [0.1, 0.15) is 51.4 Å². The van der Waals surface area contributed by atoms with Gasteiger partial charge in [-0.05, 0) is 81.1 Å². The quantitative estimate of drug-likeness (QED) is 0.802. The highest BCUT2D eigenvalue weighted by atomic mass is 15.0. The normalized spacial score (nSPS) is 50.7. The van der Waals surface area contributed by atoms with Crippen molar-refractivity contribution in [3.63, 3.8) is 0 Å². The summed E-state index contributed by atoms with van der Waals surface area (Å²) in [6, 6.07) is 0.756. The van der Waals surface area contributed by atoms with Crippen molar-refractivity contribution in [3.05, 3.63) is 0 Å². The van der Waals surface area contributed by atoms with E-state index in [4.69, 9.17) is 0 Å². The topological polar surface area (TPSA) is 24.1 Å². The second-order valence-corrected chi connectivity index (χ2v) is 7.84. The molecule has 4 bridgehead atoms. The summed E-state index contributed by atoms with van der Waals surface area (Å²) >= 11 is 0. The van der Waals surface area contributed by atoms with E-state index in [0.717, 1.165) is 23.8 Å². The van der Waals surface area contributed by atoms with Crippen LogP contribution in [-0.4, -0.2) is 25.7 Å². The van der Waals surface area contributed by atoms with Gasteiger partial charge in [-0.3, -0.25) is 0 Å². The molecule has 0 aromatic carbocycles. The lowest BCUT2D eigenvalue weighted by Gasteiger charge is -2.57. The molecular weight excluding hydrogens is 220 g/mol. The molecule has 4 aliphatic carbocycles. The van der Waals surface area contributed by atoms with E-state index < -0.39 is 0 Å². The van der Waals surface area contributed by atoms with Crippen molar-refractivity contribution in [2.24, 2.45) is 23.2 Å². The van der Waals surface area contributed by atoms with Gasteiger partial charge in [0.1, 0.15) is 0 Å². The van der Waals surface area contributed by atoms with E-state index >= 15 is 0 Å². The summed E-state index contributed by atoms with van der Waals surface area (Å²) in [5.41, 5.74) is 0.714. The first-order valence-corrected chi connectivity index (χ1v) is 8.25. The predicted molar refractivity (Wildman–Crippen MR) is 74.5 cm³/mol. The Morgan fingerprint density at radius 3 is 2.22 bits per heavy atom. The molecule has 18 heavy (non-hydrogen) atoms. The number of rotatable bonds is 3. The number of hydrogen-bond acceptors (Lipinski definition) is 2. The van der Waals surface area contributed by atoms with Gasteiger partial charge in [0.2, 0.25) is 0 Å². The van der Waals surface area contributed by atoms with Crippen molar-refractivity contribution in [2.45, 2.75) is 57.4 Å². The van der Waals surface area contributed by atoms with Crippen molar-refractivity contribution in [2.75, 3.05) is 19.6 Å². The largest absolute Gasteiger partial charge is 0.315 e. The zero-order valence-electron chi connectivity index (χ0n) is 11.6. The van der Waals surface area contributed by atoms with Crippen LogP contribution in [-0.2, 0) is 0 Å². The summed E-state index contributed by atoms with van der Waals surface area (Å²) in [6.45, 7) is 3.75. The summed E-state index contributed by atoms with van der Waals surface area (Å²) in [5.74, 6) is 3.30. The van der Waals surface area contributed by atoms with Gasteiger partial charge in [0.25, 0.3) is 0 Å². The van der Waals surface area contributed by atoms with Gasteiger partial charge >= 0.3 is 0 Å². The van der Waals surface area contributed by atoms with Crippen LogP contribution in [0.25, 0.3) is 0 Å². The summed E-state index contributed by atoms with van der Waals surface area (Å²) in [4.78, 5) is 0. The fourth-order valence-corrected chi connectivity index (χ4v) is 5.89. The third kappa shape index (κ3) is 2.12. The summed E-state index contributed by atoms with van der Waals surface area (Å²) < 4.78 is 0. The van der Waals surface area contributed by atoms with Gasteiger partial charge in [-0.1, -0.05) is 0 Å². The molecule has 5 aliphatic rings. The average molecular weight is 248 g/mol. The van der Waals surface area contributed by atoms with E-state index in [-0.39, 0.29) is 0 Å². The second-order valence-electron chi connectivity index (χ2n) is 7.84. The first-order valence-electron chi connectivity index (χ1n) is 8.25. The third-order valence-electron chi connectivity index (χ3n) is 6.23. The van der Waals surface area contributed by atoms with Gasteiger partial charge in [0, 0.05) is 19.1 Å². The van der Waals surface area contributed by atoms with Gasteiger partial charge in [-0.2, -0.15) is 0 Å². The maximum Gasteiger partial charge on any atom is 0.0193 e. The van der Waals surface area contributed by atoms with Crippen LogP contribution in [0.4, 0.5) is 0 Å². The fraction of sp³-hybridized carbons (Fsp3) is 1.00. The number of nitrogens with one attached hydrogen (secondary N) is 2. The predicted octanol–water partition coefficient (Wildman–Crippen LogP) is 2.54. The minimum absolute atomic E-state index is 0.714. The van der Waals surface area contributed by atoms with Gasteiger partial charge in [-0.25, -0.2) is 0 Å². The van der Waals surface area contributed by atoms with E-state index in [1.165, 1.54) is 32.5 Å². The summed E-state index contributed by atoms with van der Waals surface area (Å²) in [5, 5.41) is 7.45. The Kier molecular flexibility index (Phi) is 2.92. The molecule has 2 nitrogen and oxygen atoms in total. The second kappa shape index (κ2) is 4.49. The molecule has 102 valence electrons. The smallest absolute Gasteiger partial charge is 0.0193 e. The maximum absolute atomic E-state index is 3.92. The van der Waals surface area contributed by atoms with Crippen LogP contribution in [0, 0.1) is 23.2 Å². The molecule has 1 unspecified atom stereocenters. The van der Waals surface area contributed by atoms with E-state index in [0.29, 0.717) is 5.41 Å². The summed E-state index contributed by atoms with van der Waals surface area (Å²) in [6.07, 6.45) is 12.1. The van der Waals surface area contributed by atoms with Crippen molar-refractivity contribution >= 4 is 0 Å². The molecule has 0 aromatic rings.